The summed E-state index contributed by atoms with van der Waals surface area (Å²) in [5.74, 6) is 1.50. The van der Waals surface area contributed by atoms with Crippen LogP contribution in [-0.4, -0.2) is 31.3 Å². The summed E-state index contributed by atoms with van der Waals surface area (Å²) >= 11 is 4.84. The van der Waals surface area contributed by atoms with E-state index in [2.05, 4.69) is 21.2 Å². The van der Waals surface area contributed by atoms with Crippen LogP contribution in [0.2, 0.25) is 0 Å². The van der Waals surface area contributed by atoms with Crippen molar-refractivity contribution in [2.45, 2.75) is 33.7 Å². The molecule has 222 valence electrons. The van der Waals surface area contributed by atoms with Crippen LogP contribution in [0.4, 0.5) is 5.69 Å². The number of methoxy groups -OCH3 is 2. The molecule has 0 unspecified atom stereocenters. The number of nitrogens with zero attached hydrogens (tertiary/aromatic N) is 2. The lowest BCUT2D eigenvalue weighted by atomic mass is 9.95. The van der Waals surface area contributed by atoms with E-state index in [-0.39, 0.29) is 11.5 Å². The van der Waals surface area contributed by atoms with E-state index in [4.69, 9.17) is 19.2 Å². The molecule has 0 spiro atoms. The van der Waals surface area contributed by atoms with Gasteiger partial charge in [0.1, 0.15) is 5.75 Å². The molecule has 5 rings (SSSR count). The third-order valence-corrected chi connectivity index (χ3v) is 8.74. The molecule has 1 amide bonds. The summed E-state index contributed by atoms with van der Waals surface area (Å²) in [5, 5.41) is 3.06. The summed E-state index contributed by atoms with van der Waals surface area (Å²) in [7, 11) is 3.17. The van der Waals surface area contributed by atoms with Crippen molar-refractivity contribution in [1.82, 2.24) is 4.57 Å². The van der Waals surface area contributed by atoms with Crippen molar-refractivity contribution < 1.29 is 19.0 Å². The Labute approximate surface area is 262 Å². The van der Waals surface area contributed by atoms with Gasteiger partial charge in [-0.3, -0.25) is 14.2 Å². The number of amides is 1. The summed E-state index contributed by atoms with van der Waals surface area (Å²) in [4.78, 5) is 33.3. The second-order valence-corrected chi connectivity index (χ2v) is 12.0. The van der Waals surface area contributed by atoms with Gasteiger partial charge in [-0.05, 0) is 96.7 Å². The lowest BCUT2D eigenvalue weighted by Gasteiger charge is -2.25. The summed E-state index contributed by atoms with van der Waals surface area (Å²) in [6.07, 6.45) is 1.80. The molecule has 0 fully saturated rings. The van der Waals surface area contributed by atoms with Crippen LogP contribution in [0.1, 0.15) is 42.1 Å². The molecule has 0 bridgehead atoms. The summed E-state index contributed by atoms with van der Waals surface area (Å²) in [6, 6.07) is 16.2. The maximum atomic E-state index is 14.1. The first-order chi connectivity index (χ1) is 20.6. The third kappa shape index (κ3) is 6.03. The molecule has 0 radical (unpaired) electrons. The molecular formula is C33H32BrN3O5S. The first-order valence-electron chi connectivity index (χ1n) is 13.7. The largest absolute Gasteiger partial charge is 0.497 e. The van der Waals surface area contributed by atoms with Crippen molar-refractivity contribution in [3.63, 3.8) is 0 Å². The number of nitrogens with one attached hydrogen (secondary N) is 1. The zero-order valence-corrected chi connectivity index (χ0v) is 27.2. The normalized spacial score (nSPS) is 14.7. The van der Waals surface area contributed by atoms with E-state index in [9.17, 15) is 9.59 Å². The number of carbonyl (C=O) groups excluding carboxylic acids is 1. The van der Waals surface area contributed by atoms with E-state index in [0.717, 1.165) is 22.3 Å². The lowest BCUT2D eigenvalue weighted by Crippen LogP contribution is -2.40. The number of allylic oxidation sites excluding steroid dienone is 1. The van der Waals surface area contributed by atoms with E-state index in [1.165, 1.54) is 11.3 Å². The predicted molar refractivity (Wildman–Crippen MR) is 173 cm³/mol. The van der Waals surface area contributed by atoms with Gasteiger partial charge in [0.25, 0.3) is 11.5 Å². The van der Waals surface area contributed by atoms with Gasteiger partial charge in [0.15, 0.2) is 16.3 Å². The molecular weight excluding hydrogens is 630 g/mol. The zero-order chi connectivity index (χ0) is 30.8. The van der Waals surface area contributed by atoms with Crippen LogP contribution in [-0.2, 0) is 4.79 Å². The van der Waals surface area contributed by atoms with Gasteiger partial charge in [-0.1, -0.05) is 41.2 Å². The first-order valence-corrected chi connectivity index (χ1v) is 15.3. The van der Waals surface area contributed by atoms with Crippen LogP contribution in [0.15, 0.2) is 80.1 Å². The highest BCUT2D eigenvalue weighted by Gasteiger charge is 2.32. The Hall–Kier alpha value is -4.15. The molecule has 1 aromatic heterocycles. The highest BCUT2D eigenvalue weighted by atomic mass is 79.9. The number of anilines is 1. The van der Waals surface area contributed by atoms with Crippen molar-refractivity contribution >= 4 is 44.9 Å². The number of aryl methyl sites for hydroxylation is 2. The number of carbonyl (C=O) groups is 1. The fourth-order valence-corrected chi connectivity index (χ4v) is 6.74. The summed E-state index contributed by atoms with van der Waals surface area (Å²) < 4.78 is 19.4. The quantitative estimate of drug-likeness (QED) is 0.263. The number of rotatable bonds is 8. The predicted octanol–water partition coefficient (Wildman–Crippen LogP) is 5.67. The minimum Gasteiger partial charge on any atom is -0.497 e. The molecule has 4 aromatic rings. The van der Waals surface area contributed by atoms with E-state index < -0.39 is 6.04 Å². The standard InChI is InChI=1S/C33H32BrN3O5S/c1-7-42-30-24(34)15-21(16-26(30)41-6)17-27-32(39)37-29(22-9-11-23(40-5)12-10-22)28(20(4)35-33(37)43-27)31(38)36-25-13-8-18(2)14-19(25)3/h8-17,29H,7H2,1-6H3,(H,36,38)/b27-17+/t29-/m1/s1. The Kier molecular flexibility index (Phi) is 8.89. The minimum absolute atomic E-state index is 0.252. The summed E-state index contributed by atoms with van der Waals surface area (Å²) in [6.45, 7) is 8.15. The van der Waals surface area contributed by atoms with Crippen molar-refractivity contribution in [3.05, 3.63) is 112 Å². The number of ether oxygens (including phenoxy) is 3. The molecule has 0 saturated carbocycles. The van der Waals surface area contributed by atoms with Crippen LogP contribution >= 0.6 is 27.3 Å². The molecule has 1 atom stereocenters. The molecule has 8 nitrogen and oxygen atoms in total. The van der Waals surface area contributed by atoms with Gasteiger partial charge < -0.3 is 19.5 Å². The van der Waals surface area contributed by atoms with E-state index in [1.54, 1.807) is 31.8 Å². The van der Waals surface area contributed by atoms with Crippen molar-refractivity contribution in [2.75, 3.05) is 26.1 Å². The number of hydrogen-bond acceptors (Lipinski definition) is 7. The fourth-order valence-electron chi connectivity index (χ4n) is 5.12. The van der Waals surface area contributed by atoms with Crippen molar-refractivity contribution in [1.29, 1.82) is 0 Å². The maximum absolute atomic E-state index is 14.1. The maximum Gasteiger partial charge on any atom is 0.271 e. The van der Waals surface area contributed by atoms with Gasteiger partial charge in [-0.2, -0.15) is 0 Å². The first kappa shape index (κ1) is 30.3. The number of fused-ring (bicyclic) bond motifs is 1. The van der Waals surface area contributed by atoms with Gasteiger partial charge >= 0.3 is 0 Å². The van der Waals surface area contributed by atoms with Gasteiger partial charge in [-0.15, -0.1) is 0 Å². The average Bonchev–Trinajstić information content (AvgIpc) is 3.28. The molecule has 43 heavy (non-hydrogen) atoms. The fraction of sp³-hybridized carbons (Fsp3) is 0.242. The zero-order valence-electron chi connectivity index (χ0n) is 24.8. The van der Waals surface area contributed by atoms with Crippen LogP contribution in [0, 0.1) is 13.8 Å². The van der Waals surface area contributed by atoms with Crippen molar-refractivity contribution in [2.24, 2.45) is 4.99 Å². The smallest absolute Gasteiger partial charge is 0.271 e. The second-order valence-electron chi connectivity index (χ2n) is 10.1. The van der Waals surface area contributed by atoms with E-state index in [0.29, 0.717) is 54.6 Å². The van der Waals surface area contributed by atoms with Crippen LogP contribution < -0.4 is 34.4 Å². The van der Waals surface area contributed by atoms with Gasteiger partial charge in [0, 0.05) is 5.69 Å². The lowest BCUT2D eigenvalue weighted by molar-refractivity contribution is -0.113. The Balaban J connectivity index is 1.66. The van der Waals surface area contributed by atoms with Crippen LogP contribution in [0.3, 0.4) is 0 Å². The van der Waals surface area contributed by atoms with Crippen molar-refractivity contribution in [3.8, 4) is 17.2 Å². The topological polar surface area (TPSA) is 91.2 Å². The molecule has 10 heteroatoms. The highest BCUT2D eigenvalue weighted by Crippen LogP contribution is 2.37. The Morgan fingerprint density at radius 3 is 2.47 bits per heavy atom. The highest BCUT2D eigenvalue weighted by molar-refractivity contribution is 9.10. The monoisotopic (exact) mass is 661 g/mol. The summed E-state index contributed by atoms with van der Waals surface area (Å²) in [5.41, 5.74) is 4.96. The van der Waals surface area contributed by atoms with Crippen LogP contribution in [0.25, 0.3) is 6.08 Å². The Bertz CT molecular complexity index is 1930. The second kappa shape index (κ2) is 12.6. The molecule has 3 aromatic carbocycles. The van der Waals surface area contributed by atoms with Gasteiger partial charge in [-0.25, -0.2) is 4.99 Å². The van der Waals surface area contributed by atoms with Gasteiger partial charge in [0.05, 0.1) is 47.1 Å². The molecule has 1 N–H and O–H groups in total. The molecule has 0 saturated heterocycles. The van der Waals surface area contributed by atoms with E-state index in [1.807, 2.05) is 75.4 Å². The SMILES string of the molecule is CCOc1c(Br)cc(/C=c2/sc3n(c2=O)[C@H](c2ccc(OC)cc2)C(C(=O)Nc2ccc(C)cc2C)=C(C)N=3)cc1OC. The number of halogens is 1. The van der Waals surface area contributed by atoms with Crippen LogP contribution in [0.5, 0.6) is 17.2 Å². The molecule has 2 heterocycles. The average molecular weight is 663 g/mol. The number of hydrogen-bond donors (Lipinski definition) is 1. The Morgan fingerprint density at radius 1 is 1.07 bits per heavy atom. The van der Waals surface area contributed by atoms with E-state index >= 15 is 0 Å². The number of aromatic nitrogens is 1. The number of thiazole rings is 1. The Morgan fingerprint density at radius 2 is 1.81 bits per heavy atom. The number of benzene rings is 3. The third-order valence-electron chi connectivity index (χ3n) is 7.17. The minimum atomic E-state index is -0.698. The van der Waals surface area contributed by atoms with Gasteiger partial charge in [0.2, 0.25) is 0 Å². The molecule has 0 aliphatic carbocycles. The molecule has 1 aliphatic rings. The molecule has 1 aliphatic heterocycles.